The summed E-state index contributed by atoms with van der Waals surface area (Å²) in [5.41, 5.74) is 8.95. The maximum absolute atomic E-state index is 9.45. The van der Waals surface area contributed by atoms with Crippen LogP contribution in [0.1, 0.15) is 12.5 Å². The van der Waals surface area contributed by atoms with Crippen LogP contribution in [0.2, 0.25) is 0 Å². The van der Waals surface area contributed by atoms with Crippen molar-refractivity contribution in [2.75, 3.05) is 11.1 Å². The molecule has 1 aliphatic rings. The van der Waals surface area contributed by atoms with Crippen LogP contribution in [0.4, 0.5) is 17.1 Å². The number of nitrogens with zero attached hydrogens (tertiary/aromatic N) is 1. The highest BCUT2D eigenvalue weighted by Crippen LogP contribution is 2.32. The average Bonchev–Trinajstić information content (AvgIpc) is 2.43. The van der Waals surface area contributed by atoms with Crippen molar-refractivity contribution in [3.63, 3.8) is 0 Å². The highest BCUT2D eigenvalue weighted by molar-refractivity contribution is 6.03. The first kappa shape index (κ1) is 13.3. The van der Waals surface area contributed by atoms with E-state index in [1.807, 2.05) is 26.0 Å². The number of fused-ring (bicyclic) bond motifs is 1. The number of nitrogen functional groups attached to an aromatic ring is 1. The number of hydrogen-bond acceptors (Lipinski definition) is 4. The number of rotatable bonds is 1. The number of aromatic hydroxyl groups is 1. The zero-order valence-corrected chi connectivity index (χ0v) is 11.9. The van der Waals surface area contributed by atoms with E-state index in [9.17, 15) is 5.11 Å². The largest absolute Gasteiger partial charge is 0.508 e. The fraction of sp³-hybridized carbons (Fsp3) is 0.188. The van der Waals surface area contributed by atoms with E-state index in [0.717, 1.165) is 22.7 Å². The Morgan fingerprint density at radius 3 is 2.81 bits per heavy atom. The molecular weight excluding hydrogens is 266 g/mol. The molecule has 5 nitrogen and oxygen atoms in total. The van der Waals surface area contributed by atoms with Crippen molar-refractivity contribution in [2.24, 2.45) is 4.99 Å². The van der Waals surface area contributed by atoms with Gasteiger partial charge in [0, 0.05) is 5.69 Å². The zero-order chi connectivity index (χ0) is 15.0. The second-order valence-electron chi connectivity index (χ2n) is 5.11. The molecule has 0 amide bonds. The molecule has 1 atom stereocenters. The smallest absolute Gasteiger partial charge is 0.153 e. The van der Waals surface area contributed by atoms with Crippen LogP contribution in [0.25, 0.3) is 0 Å². The number of anilines is 2. The third kappa shape index (κ3) is 2.63. The second-order valence-corrected chi connectivity index (χ2v) is 5.11. The molecule has 1 aliphatic heterocycles. The monoisotopic (exact) mass is 283 g/mol. The first-order chi connectivity index (χ1) is 10.0. The second kappa shape index (κ2) is 5.01. The number of ether oxygens (including phenoxy) is 1. The summed E-state index contributed by atoms with van der Waals surface area (Å²) in [6.07, 6.45) is -0.186. The number of hydrogen-bond donors (Lipinski definition) is 3. The highest BCUT2D eigenvalue weighted by Gasteiger charge is 2.22. The van der Waals surface area contributed by atoms with Crippen LogP contribution < -0.4 is 15.8 Å². The normalized spacial score (nSPS) is 18.8. The highest BCUT2D eigenvalue weighted by atomic mass is 16.5. The lowest BCUT2D eigenvalue weighted by atomic mass is 10.2. The molecule has 108 valence electrons. The molecule has 0 saturated heterocycles. The fourth-order valence-electron chi connectivity index (χ4n) is 2.25. The van der Waals surface area contributed by atoms with E-state index in [1.165, 1.54) is 0 Å². The minimum atomic E-state index is -0.186. The number of amidine groups is 1. The summed E-state index contributed by atoms with van der Waals surface area (Å²) in [7, 11) is 0. The standard InChI is InChI=1S/C16H17N3O2/c1-9-7-12(20)4-5-13(9)18-16-10(2)21-15-6-3-11(17)8-14(15)19-16/h3-8,10,20H,17H2,1-2H3,(H,18,19). The molecule has 2 aromatic carbocycles. The minimum Gasteiger partial charge on any atom is -0.508 e. The number of benzene rings is 2. The number of phenols is 1. The van der Waals surface area contributed by atoms with Gasteiger partial charge in [0.2, 0.25) is 0 Å². The van der Waals surface area contributed by atoms with Gasteiger partial charge in [0.05, 0.1) is 11.4 Å². The fourth-order valence-corrected chi connectivity index (χ4v) is 2.25. The van der Waals surface area contributed by atoms with Gasteiger partial charge in [-0.15, -0.1) is 0 Å². The van der Waals surface area contributed by atoms with Crippen LogP contribution >= 0.6 is 0 Å². The van der Waals surface area contributed by atoms with Crippen molar-refractivity contribution in [1.82, 2.24) is 0 Å². The van der Waals surface area contributed by atoms with Gasteiger partial charge < -0.3 is 20.9 Å². The van der Waals surface area contributed by atoms with Crippen LogP contribution in [-0.4, -0.2) is 17.0 Å². The van der Waals surface area contributed by atoms with E-state index in [2.05, 4.69) is 10.3 Å². The van der Waals surface area contributed by atoms with Crippen molar-refractivity contribution in [1.29, 1.82) is 0 Å². The SMILES string of the molecule is Cc1cc(O)ccc1N=C1Nc2cc(N)ccc2OC1C. The number of phenolic OH excluding ortho intramolecular Hbond substituents is 1. The van der Waals surface area contributed by atoms with Gasteiger partial charge in [0.25, 0.3) is 0 Å². The molecule has 0 fully saturated rings. The number of nitrogens with one attached hydrogen (secondary N) is 1. The molecule has 0 radical (unpaired) electrons. The van der Waals surface area contributed by atoms with E-state index in [0.29, 0.717) is 11.5 Å². The van der Waals surface area contributed by atoms with Gasteiger partial charge in [0.1, 0.15) is 17.3 Å². The van der Waals surface area contributed by atoms with Crippen molar-refractivity contribution >= 4 is 22.9 Å². The third-order valence-corrected chi connectivity index (χ3v) is 3.38. The Hall–Kier alpha value is -2.69. The third-order valence-electron chi connectivity index (χ3n) is 3.38. The summed E-state index contributed by atoms with van der Waals surface area (Å²) >= 11 is 0. The predicted molar refractivity (Wildman–Crippen MR) is 84.5 cm³/mol. The molecule has 0 bridgehead atoms. The topological polar surface area (TPSA) is 79.9 Å². The summed E-state index contributed by atoms with van der Waals surface area (Å²) in [4.78, 5) is 4.60. The lowest BCUT2D eigenvalue weighted by Crippen LogP contribution is -2.34. The van der Waals surface area contributed by atoms with E-state index >= 15 is 0 Å². The average molecular weight is 283 g/mol. The molecular formula is C16H17N3O2. The molecule has 4 N–H and O–H groups in total. The molecule has 2 aromatic rings. The lowest BCUT2D eigenvalue weighted by Gasteiger charge is -2.26. The summed E-state index contributed by atoms with van der Waals surface area (Å²) in [6.45, 7) is 3.83. The van der Waals surface area contributed by atoms with Gasteiger partial charge >= 0.3 is 0 Å². The number of aliphatic imine (C=N–C) groups is 1. The van der Waals surface area contributed by atoms with E-state index in [-0.39, 0.29) is 11.9 Å². The first-order valence-electron chi connectivity index (χ1n) is 6.74. The zero-order valence-electron chi connectivity index (χ0n) is 11.9. The van der Waals surface area contributed by atoms with Gasteiger partial charge in [-0.2, -0.15) is 0 Å². The van der Waals surface area contributed by atoms with Crippen LogP contribution in [0, 0.1) is 6.92 Å². The number of aryl methyl sites for hydroxylation is 1. The molecule has 5 heteroatoms. The van der Waals surface area contributed by atoms with Gasteiger partial charge in [-0.3, -0.25) is 0 Å². The van der Waals surface area contributed by atoms with Gasteiger partial charge in [-0.25, -0.2) is 4.99 Å². The summed E-state index contributed by atoms with van der Waals surface area (Å²) in [5, 5.41) is 12.7. The van der Waals surface area contributed by atoms with Crippen LogP contribution in [-0.2, 0) is 0 Å². The molecule has 0 aliphatic carbocycles. The van der Waals surface area contributed by atoms with Crippen LogP contribution in [0.15, 0.2) is 41.4 Å². The Kier molecular flexibility index (Phi) is 3.17. The maximum Gasteiger partial charge on any atom is 0.153 e. The molecule has 1 unspecified atom stereocenters. The molecule has 0 spiro atoms. The Morgan fingerprint density at radius 1 is 1.24 bits per heavy atom. The molecule has 0 aromatic heterocycles. The Morgan fingerprint density at radius 2 is 2.05 bits per heavy atom. The van der Waals surface area contributed by atoms with E-state index in [1.54, 1.807) is 24.3 Å². The summed E-state index contributed by atoms with van der Waals surface area (Å²) in [6, 6.07) is 10.5. The van der Waals surface area contributed by atoms with Crippen molar-refractivity contribution < 1.29 is 9.84 Å². The molecule has 3 rings (SSSR count). The molecule has 21 heavy (non-hydrogen) atoms. The lowest BCUT2D eigenvalue weighted by molar-refractivity contribution is 0.283. The van der Waals surface area contributed by atoms with Crippen molar-refractivity contribution in [3.8, 4) is 11.5 Å². The molecule has 1 heterocycles. The van der Waals surface area contributed by atoms with Gasteiger partial charge in [0.15, 0.2) is 6.10 Å². The minimum absolute atomic E-state index is 0.186. The summed E-state index contributed by atoms with van der Waals surface area (Å²) < 4.78 is 5.84. The van der Waals surface area contributed by atoms with E-state index in [4.69, 9.17) is 10.5 Å². The van der Waals surface area contributed by atoms with Crippen molar-refractivity contribution in [2.45, 2.75) is 20.0 Å². The first-order valence-corrected chi connectivity index (χ1v) is 6.74. The summed E-state index contributed by atoms with van der Waals surface area (Å²) in [5.74, 6) is 1.70. The Balaban J connectivity index is 1.97. The Labute approximate surface area is 123 Å². The Bertz CT molecular complexity index is 725. The molecule has 0 saturated carbocycles. The number of nitrogens with two attached hydrogens (primary N) is 1. The quantitative estimate of drug-likeness (QED) is 0.702. The predicted octanol–water partition coefficient (Wildman–Crippen LogP) is 3.21. The van der Waals surface area contributed by atoms with Crippen molar-refractivity contribution in [3.05, 3.63) is 42.0 Å². The van der Waals surface area contributed by atoms with Gasteiger partial charge in [-0.1, -0.05) is 0 Å². The van der Waals surface area contributed by atoms with E-state index < -0.39 is 0 Å². The van der Waals surface area contributed by atoms with Gasteiger partial charge in [-0.05, 0) is 55.8 Å². The maximum atomic E-state index is 9.45. The van der Waals surface area contributed by atoms with Crippen LogP contribution in [0.3, 0.4) is 0 Å². The van der Waals surface area contributed by atoms with Crippen LogP contribution in [0.5, 0.6) is 11.5 Å².